The third-order valence-corrected chi connectivity index (χ3v) is 3.62. The zero-order chi connectivity index (χ0) is 20.3. The third-order valence-electron chi connectivity index (χ3n) is 3.62. The Morgan fingerprint density at radius 3 is 2.46 bits per heavy atom. The standard InChI is InChI=1S/C20H34N4O3.HI/c1-7-27-17-13-15(10-11-16(17)26-6)9-8-12-22-19(21-5)23-14-18(25)24-20(2,3)4;/h10-11,13H,7-9,12,14H2,1-6H3,(H,24,25)(H2,21,22,23);1H. The molecule has 0 aliphatic heterocycles. The molecule has 0 heterocycles. The molecule has 0 atom stereocenters. The number of nitrogens with zero attached hydrogens (tertiary/aromatic N) is 1. The first kappa shape index (κ1) is 26.3. The normalized spacial score (nSPS) is 11.3. The van der Waals surface area contributed by atoms with Crippen LogP contribution < -0.4 is 25.4 Å². The van der Waals surface area contributed by atoms with Gasteiger partial charge in [-0.1, -0.05) is 6.07 Å². The third kappa shape index (κ3) is 10.6. The lowest BCUT2D eigenvalue weighted by molar-refractivity contribution is -0.121. The highest BCUT2D eigenvalue weighted by Crippen LogP contribution is 2.28. The molecule has 160 valence electrons. The van der Waals surface area contributed by atoms with E-state index in [1.165, 1.54) is 5.56 Å². The Kier molecular flexibility index (Phi) is 12.6. The molecule has 0 saturated carbocycles. The molecule has 28 heavy (non-hydrogen) atoms. The van der Waals surface area contributed by atoms with Crippen molar-refractivity contribution < 1.29 is 14.3 Å². The molecule has 8 heteroatoms. The highest BCUT2D eigenvalue weighted by atomic mass is 127. The Balaban J connectivity index is 0.00000729. The van der Waals surface area contributed by atoms with Crippen LogP contribution in [0.15, 0.2) is 23.2 Å². The Bertz CT molecular complexity index is 630. The quantitative estimate of drug-likeness (QED) is 0.208. The molecule has 0 aliphatic carbocycles. The van der Waals surface area contributed by atoms with Crippen molar-refractivity contribution in [3.8, 4) is 11.5 Å². The molecule has 0 aliphatic rings. The van der Waals surface area contributed by atoms with Gasteiger partial charge in [-0.15, -0.1) is 24.0 Å². The number of aryl methyl sites for hydroxylation is 1. The summed E-state index contributed by atoms with van der Waals surface area (Å²) in [5.41, 5.74) is 0.947. The van der Waals surface area contributed by atoms with Crippen LogP contribution in [0.4, 0.5) is 0 Å². The van der Waals surface area contributed by atoms with Gasteiger partial charge in [-0.3, -0.25) is 9.79 Å². The number of hydrogen-bond acceptors (Lipinski definition) is 4. The van der Waals surface area contributed by atoms with Crippen molar-refractivity contribution in [2.24, 2.45) is 4.99 Å². The fraction of sp³-hybridized carbons (Fsp3) is 0.600. The molecule has 1 aromatic carbocycles. The minimum atomic E-state index is -0.242. The van der Waals surface area contributed by atoms with Crippen molar-refractivity contribution in [2.75, 3.05) is 33.9 Å². The molecular weight excluding hydrogens is 471 g/mol. The van der Waals surface area contributed by atoms with Gasteiger partial charge in [0.2, 0.25) is 5.91 Å². The molecular formula is C20H35IN4O3. The molecule has 0 aromatic heterocycles. The topological polar surface area (TPSA) is 84.0 Å². The maximum absolute atomic E-state index is 11.9. The number of halogens is 1. The van der Waals surface area contributed by atoms with Gasteiger partial charge in [-0.25, -0.2) is 0 Å². The Hall–Kier alpha value is -1.71. The van der Waals surface area contributed by atoms with Gasteiger partial charge >= 0.3 is 0 Å². The maximum Gasteiger partial charge on any atom is 0.239 e. The van der Waals surface area contributed by atoms with E-state index in [1.54, 1.807) is 14.2 Å². The summed E-state index contributed by atoms with van der Waals surface area (Å²) in [6, 6.07) is 6.00. The number of nitrogens with one attached hydrogen (secondary N) is 3. The highest BCUT2D eigenvalue weighted by molar-refractivity contribution is 14.0. The first-order valence-electron chi connectivity index (χ1n) is 9.34. The fourth-order valence-corrected chi connectivity index (χ4v) is 2.49. The van der Waals surface area contributed by atoms with Crippen LogP contribution >= 0.6 is 24.0 Å². The van der Waals surface area contributed by atoms with Gasteiger partial charge in [0.05, 0.1) is 20.3 Å². The minimum Gasteiger partial charge on any atom is -0.493 e. The molecule has 1 rings (SSSR count). The molecule has 1 aromatic rings. The number of ether oxygens (including phenoxy) is 2. The zero-order valence-electron chi connectivity index (χ0n) is 17.8. The molecule has 0 fully saturated rings. The molecule has 7 nitrogen and oxygen atoms in total. The van der Waals surface area contributed by atoms with Crippen LogP contribution in [-0.2, 0) is 11.2 Å². The second kappa shape index (κ2) is 13.5. The minimum absolute atomic E-state index is 0. The van der Waals surface area contributed by atoms with Crippen LogP contribution in [-0.4, -0.2) is 51.3 Å². The lowest BCUT2D eigenvalue weighted by atomic mass is 10.1. The van der Waals surface area contributed by atoms with Gasteiger partial charge in [-0.2, -0.15) is 0 Å². The monoisotopic (exact) mass is 506 g/mol. The van der Waals surface area contributed by atoms with Crippen LogP contribution in [0.2, 0.25) is 0 Å². The molecule has 1 amide bonds. The highest BCUT2D eigenvalue weighted by Gasteiger charge is 2.13. The number of carbonyl (C=O) groups is 1. The van der Waals surface area contributed by atoms with Crippen LogP contribution in [0.3, 0.4) is 0 Å². The molecule has 0 unspecified atom stereocenters. The summed E-state index contributed by atoms with van der Waals surface area (Å²) in [6.07, 6.45) is 1.82. The van der Waals surface area contributed by atoms with Crippen molar-refractivity contribution in [3.05, 3.63) is 23.8 Å². The number of amides is 1. The predicted molar refractivity (Wildman–Crippen MR) is 125 cm³/mol. The van der Waals surface area contributed by atoms with Crippen LogP contribution in [0.5, 0.6) is 11.5 Å². The number of aliphatic imine (C=N–C) groups is 1. The number of guanidine groups is 1. The van der Waals surface area contributed by atoms with Crippen LogP contribution in [0.1, 0.15) is 39.7 Å². The second-order valence-electron chi connectivity index (χ2n) is 7.17. The SMILES string of the molecule is CCOc1cc(CCCNC(=NC)NCC(=O)NC(C)(C)C)ccc1OC.I. The lowest BCUT2D eigenvalue weighted by Crippen LogP contribution is -2.48. The number of carbonyl (C=O) groups excluding carboxylic acids is 1. The number of hydrogen-bond donors (Lipinski definition) is 3. The summed E-state index contributed by atoms with van der Waals surface area (Å²) in [5.74, 6) is 2.07. The van der Waals surface area contributed by atoms with E-state index in [9.17, 15) is 4.79 Å². The Morgan fingerprint density at radius 2 is 1.89 bits per heavy atom. The molecule has 0 spiro atoms. The maximum atomic E-state index is 11.9. The van der Waals surface area contributed by atoms with E-state index < -0.39 is 0 Å². The second-order valence-corrected chi connectivity index (χ2v) is 7.17. The summed E-state index contributed by atoms with van der Waals surface area (Å²) in [7, 11) is 3.33. The largest absolute Gasteiger partial charge is 0.493 e. The molecule has 0 bridgehead atoms. The first-order chi connectivity index (χ1) is 12.8. The number of methoxy groups -OCH3 is 1. The summed E-state index contributed by atoms with van der Waals surface area (Å²) < 4.78 is 10.9. The van der Waals surface area contributed by atoms with E-state index in [2.05, 4.69) is 20.9 Å². The van der Waals surface area contributed by atoms with Gasteiger partial charge in [0.1, 0.15) is 0 Å². The lowest BCUT2D eigenvalue weighted by Gasteiger charge is -2.21. The predicted octanol–water partition coefficient (Wildman–Crippen LogP) is 2.72. The van der Waals surface area contributed by atoms with Crippen LogP contribution in [0, 0.1) is 0 Å². The average molecular weight is 506 g/mol. The number of benzene rings is 1. The first-order valence-corrected chi connectivity index (χ1v) is 9.34. The average Bonchev–Trinajstić information content (AvgIpc) is 2.60. The van der Waals surface area contributed by atoms with Gasteiger partial charge in [0.15, 0.2) is 17.5 Å². The Labute approximate surface area is 186 Å². The smallest absolute Gasteiger partial charge is 0.239 e. The summed E-state index contributed by atoms with van der Waals surface area (Å²) in [6.45, 7) is 9.35. The van der Waals surface area contributed by atoms with Crippen molar-refractivity contribution >= 4 is 35.8 Å². The fourth-order valence-electron chi connectivity index (χ4n) is 2.49. The van der Waals surface area contributed by atoms with Crippen molar-refractivity contribution in [1.29, 1.82) is 0 Å². The summed E-state index contributed by atoms with van der Waals surface area (Å²) in [5, 5.41) is 9.15. The van der Waals surface area contributed by atoms with E-state index in [0.29, 0.717) is 12.6 Å². The molecule has 0 saturated heterocycles. The van der Waals surface area contributed by atoms with Gasteiger partial charge in [-0.05, 0) is 58.2 Å². The van der Waals surface area contributed by atoms with E-state index in [1.807, 2.05) is 45.9 Å². The van der Waals surface area contributed by atoms with E-state index >= 15 is 0 Å². The van der Waals surface area contributed by atoms with E-state index in [0.717, 1.165) is 30.9 Å². The van der Waals surface area contributed by atoms with Crippen molar-refractivity contribution in [2.45, 2.75) is 46.1 Å². The molecule has 0 radical (unpaired) electrons. The summed E-state index contributed by atoms with van der Waals surface area (Å²) >= 11 is 0. The van der Waals surface area contributed by atoms with Gasteiger partial charge in [0, 0.05) is 19.1 Å². The van der Waals surface area contributed by atoms with Gasteiger partial charge in [0.25, 0.3) is 0 Å². The van der Waals surface area contributed by atoms with Crippen LogP contribution in [0.25, 0.3) is 0 Å². The van der Waals surface area contributed by atoms with Crippen molar-refractivity contribution in [3.63, 3.8) is 0 Å². The van der Waals surface area contributed by atoms with Gasteiger partial charge < -0.3 is 25.4 Å². The van der Waals surface area contributed by atoms with Crippen molar-refractivity contribution in [1.82, 2.24) is 16.0 Å². The summed E-state index contributed by atoms with van der Waals surface area (Å²) in [4.78, 5) is 16.0. The number of rotatable bonds is 9. The molecule has 3 N–H and O–H groups in total. The van der Waals surface area contributed by atoms with E-state index in [4.69, 9.17) is 9.47 Å². The van der Waals surface area contributed by atoms with E-state index in [-0.39, 0.29) is 42.0 Å². The zero-order valence-corrected chi connectivity index (χ0v) is 20.2. The Morgan fingerprint density at radius 1 is 1.18 bits per heavy atom.